The van der Waals surface area contributed by atoms with Crippen molar-refractivity contribution in [3.8, 4) is 16.9 Å². The number of fused-ring (bicyclic) bond motifs is 1. The lowest BCUT2D eigenvalue weighted by Gasteiger charge is -2.19. The molecule has 0 atom stereocenters. The summed E-state index contributed by atoms with van der Waals surface area (Å²) in [4.78, 5) is 11.2. The topological polar surface area (TPSA) is 119 Å². The van der Waals surface area contributed by atoms with Gasteiger partial charge >= 0.3 is 5.97 Å². The Hall–Kier alpha value is -3.10. The Bertz CT molecular complexity index is 1270. The third-order valence-corrected chi connectivity index (χ3v) is 6.57. The van der Waals surface area contributed by atoms with Gasteiger partial charge in [0.05, 0.1) is 12.3 Å². The van der Waals surface area contributed by atoms with E-state index in [9.17, 15) is 18.3 Å². The van der Waals surface area contributed by atoms with Crippen molar-refractivity contribution in [1.82, 2.24) is 0 Å². The van der Waals surface area contributed by atoms with Crippen molar-refractivity contribution in [3.05, 3.63) is 60.2 Å². The highest BCUT2D eigenvalue weighted by Gasteiger charge is 2.19. The van der Waals surface area contributed by atoms with Gasteiger partial charge in [-0.2, -0.15) is 8.42 Å². The maximum atomic E-state index is 11.3. The Morgan fingerprint density at radius 3 is 2.52 bits per heavy atom. The van der Waals surface area contributed by atoms with E-state index in [2.05, 4.69) is 4.72 Å². The van der Waals surface area contributed by atoms with Gasteiger partial charge in [-0.3, -0.25) is 9.52 Å². The van der Waals surface area contributed by atoms with Crippen LogP contribution in [-0.4, -0.2) is 26.1 Å². The standard InChI is InChI=1S/C25H28N2O5S/c26-33(30,31)27-22-12-10-19-14-21(9-8-20(19)15-22)23-7-3-6-18(11-13-24(28)29)25(23)32-16-17-4-1-2-5-17/h3,6-10,12,14-15,17,27H,1-2,4-5,11,13,16H2,(H,28,29)(H2,26,30,31). The molecule has 0 bridgehead atoms. The number of hydrogen-bond acceptors (Lipinski definition) is 4. The van der Waals surface area contributed by atoms with Crippen LogP contribution in [0.15, 0.2) is 54.6 Å². The van der Waals surface area contributed by atoms with Crippen LogP contribution in [0.1, 0.15) is 37.7 Å². The molecule has 0 heterocycles. The number of hydrogen-bond donors (Lipinski definition) is 3. The minimum atomic E-state index is -3.84. The van der Waals surface area contributed by atoms with Gasteiger partial charge in [0, 0.05) is 12.0 Å². The molecule has 1 aliphatic rings. The summed E-state index contributed by atoms with van der Waals surface area (Å²) in [6.07, 6.45) is 5.23. The normalized spacial score (nSPS) is 14.5. The number of anilines is 1. The first kappa shape index (κ1) is 23.1. The first-order chi connectivity index (χ1) is 15.8. The van der Waals surface area contributed by atoms with E-state index < -0.39 is 16.2 Å². The number of rotatable bonds is 9. The maximum Gasteiger partial charge on any atom is 0.303 e. The molecule has 7 nitrogen and oxygen atoms in total. The minimum absolute atomic E-state index is 0.0425. The van der Waals surface area contributed by atoms with Gasteiger partial charge in [0.15, 0.2) is 0 Å². The molecule has 8 heteroatoms. The van der Waals surface area contributed by atoms with E-state index in [0.717, 1.165) is 46.1 Å². The van der Waals surface area contributed by atoms with Gasteiger partial charge in [0.2, 0.25) is 0 Å². The Kier molecular flexibility index (Phi) is 6.85. The third-order valence-electron chi connectivity index (χ3n) is 6.05. The second-order valence-corrected chi connectivity index (χ2v) is 9.87. The molecule has 0 aliphatic heterocycles. The minimum Gasteiger partial charge on any atom is -0.492 e. The van der Waals surface area contributed by atoms with Gasteiger partial charge in [0.25, 0.3) is 10.2 Å². The summed E-state index contributed by atoms with van der Waals surface area (Å²) >= 11 is 0. The van der Waals surface area contributed by atoms with E-state index in [1.165, 1.54) is 12.8 Å². The van der Waals surface area contributed by atoms with Crippen LogP contribution in [0.5, 0.6) is 5.75 Å². The van der Waals surface area contributed by atoms with Crippen molar-refractivity contribution >= 4 is 32.6 Å². The molecule has 0 amide bonds. The van der Waals surface area contributed by atoms with Gasteiger partial charge in [-0.15, -0.1) is 0 Å². The van der Waals surface area contributed by atoms with Crippen molar-refractivity contribution in [2.75, 3.05) is 11.3 Å². The summed E-state index contributed by atoms with van der Waals surface area (Å²) in [5.41, 5.74) is 3.16. The number of carbonyl (C=O) groups is 1. The fourth-order valence-electron chi connectivity index (χ4n) is 4.44. The van der Waals surface area contributed by atoms with E-state index in [-0.39, 0.29) is 6.42 Å². The van der Waals surface area contributed by atoms with Crippen molar-refractivity contribution < 1.29 is 23.1 Å². The summed E-state index contributed by atoms with van der Waals surface area (Å²) in [6.45, 7) is 0.632. The van der Waals surface area contributed by atoms with Crippen molar-refractivity contribution in [2.45, 2.75) is 38.5 Å². The molecule has 1 saturated carbocycles. The smallest absolute Gasteiger partial charge is 0.303 e. The molecular weight excluding hydrogens is 440 g/mol. The van der Waals surface area contributed by atoms with Crippen molar-refractivity contribution in [3.63, 3.8) is 0 Å². The molecule has 0 radical (unpaired) electrons. The first-order valence-electron chi connectivity index (χ1n) is 11.1. The second-order valence-electron chi connectivity index (χ2n) is 8.57. The second kappa shape index (κ2) is 9.80. The molecule has 0 spiro atoms. The number of aryl methyl sites for hydroxylation is 1. The first-order valence-corrected chi connectivity index (χ1v) is 12.6. The zero-order chi connectivity index (χ0) is 23.4. The van der Waals surface area contributed by atoms with Gasteiger partial charge in [0.1, 0.15) is 5.75 Å². The van der Waals surface area contributed by atoms with E-state index in [1.807, 2.05) is 42.5 Å². The molecule has 4 rings (SSSR count). The van der Waals surface area contributed by atoms with E-state index >= 15 is 0 Å². The highest BCUT2D eigenvalue weighted by atomic mass is 32.2. The van der Waals surface area contributed by atoms with Crippen LogP contribution >= 0.6 is 0 Å². The summed E-state index contributed by atoms with van der Waals surface area (Å²) in [6, 6.07) is 17.0. The van der Waals surface area contributed by atoms with Crippen LogP contribution in [0.3, 0.4) is 0 Å². The van der Waals surface area contributed by atoms with Crippen LogP contribution < -0.4 is 14.6 Å². The van der Waals surface area contributed by atoms with Crippen LogP contribution in [-0.2, 0) is 21.4 Å². The summed E-state index contributed by atoms with van der Waals surface area (Å²) in [5.74, 6) is 0.445. The lowest BCUT2D eigenvalue weighted by atomic mass is 9.96. The predicted octanol–water partition coefficient (Wildman–Crippen LogP) is 4.71. The molecule has 3 aromatic carbocycles. The number of carboxylic acids is 1. The van der Waals surface area contributed by atoms with Crippen LogP contribution in [0.25, 0.3) is 21.9 Å². The molecule has 3 aromatic rings. The van der Waals surface area contributed by atoms with E-state index in [1.54, 1.807) is 12.1 Å². The quantitative estimate of drug-likeness (QED) is 0.420. The van der Waals surface area contributed by atoms with Crippen LogP contribution in [0.4, 0.5) is 5.69 Å². The molecule has 33 heavy (non-hydrogen) atoms. The molecule has 0 unspecified atom stereocenters. The highest BCUT2D eigenvalue weighted by Crippen LogP contribution is 2.37. The molecule has 0 aromatic heterocycles. The largest absolute Gasteiger partial charge is 0.492 e. The molecule has 4 N–H and O–H groups in total. The number of nitrogens with two attached hydrogens (primary N) is 1. The lowest BCUT2D eigenvalue weighted by molar-refractivity contribution is -0.136. The summed E-state index contributed by atoms with van der Waals surface area (Å²) in [7, 11) is -3.84. The average Bonchev–Trinajstić information content (AvgIpc) is 3.28. The SMILES string of the molecule is NS(=O)(=O)Nc1ccc2cc(-c3cccc(CCC(=O)O)c3OCC3CCCC3)ccc2c1. The lowest BCUT2D eigenvalue weighted by Crippen LogP contribution is -2.21. The summed E-state index contributed by atoms with van der Waals surface area (Å²) < 4.78 is 31.3. The molecular formula is C25H28N2O5S. The van der Waals surface area contributed by atoms with Crippen molar-refractivity contribution in [2.24, 2.45) is 11.1 Å². The summed E-state index contributed by atoms with van der Waals surface area (Å²) in [5, 5.41) is 16.0. The van der Waals surface area contributed by atoms with Crippen LogP contribution in [0, 0.1) is 5.92 Å². The monoisotopic (exact) mass is 468 g/mol. The zero-order valence-electron chi connectivity index (χ0n) is 18.3. The maximum absolute atomic E-state index is 11.3. The van der Waals surface area contributed by atoms with E-state index in [4.69, 9.17) is 9.88 Å². The van der Waals surface area contributed by atoms with Gasteiger partial charge < -0.3 is 9.84 Å². The van der Waals surface area contributed by atoms with Gasteiger partial charge in [-0.25, -0.2) is 5.14 Å². The Morgan fingerprint density at radius 2 is 1.79 bits per heavy atom. The number of carboxylic acid groups (broad SMARTS) is 1. The Balaban J connectivity index is 1.68. The number of para-hydroxylation sites is 1. The molecule has 174 valence electrons. The Labute approximate surface area is 193 Å². The highest BCUT2D eigenvalue weighted by molar-refractivity contribution is 7.90. The molecule has 1 fully saturated rings. The fourth-order valence-corrected chi connectivity index (χ4v) is 4.90. The van der Waals surface area contributed by atoms with Gasteiger partial charge in [-0.1, -0.05) is 49.2 Å². The molecule has 1 aliphatic carbocycles. The van der Waals surface area contributed by atoms with E-state index in [0.29, 0.717) is 24.6 Å². The number of aliphatic carboxylic acids is 1. The third kappa shape index (κ3) is 6.03. The number of nitrogens with one attached hydrogen (secondary N) is 1. The Morgan fingerprint density at radius 1 is 1.06 bits per heavy atom. The predicted molar refractivity (Wildman–Crippen MR) is 130 cm³/mol. The molecule has 0 saturated heterocycles. The fraction of sp³-hybridized carbons (Fsp3) is 0.320. The van der Waals surface area contributed by atoms with Crippen LogP contribution in [0.2, 0.25) is 0 Å². The van der Waals surface area contributed by atoms with Crippen molar-refractivity contribution in [1.29, 1.82) is 0 Å². The zero-order valence-corrected chi connectivity index (χ0v) is 19.1. The van der Waals surface area contributed by atoms with Gasteiger partial charge in [-0.05, 0) is 65.3 Å². The average molecular weight is 469 g/mol. The number of ether oxygens (including phenoxy) is 1. The number of benzene rings is 3.